The van der Waals surface area contributed by atoms with E-state index in [0.29, 0.717) is 10.8 Å². The molecule has 0 aromatic rings. The quantitative estimate of drug-likeness (QED) is 0.507. The zero-order chi connectivity index (χ0) is 21.2. The van der Waals surface area contributed by atoms with Crippen molar-refractivity contribution in [2.45, 2.75) is 97.6 Å². The molecule has 0 heterocycles. The number of hydrogen-bond donors (Lipinski definition) is 0. The van der Waals surface area contributed by atoms with Gasteiger partial charge in [-0.3, -0.25) is 0 Å². The van der Waals surface area contributed by atoms with E-state index in [2.05, 4.69) is 55.9 Å². The van der Waals surface area contributed by atoms with Crippen molar-refractivity contribution in [2.24, 2.45) is 34.5 Å². The van der Waals surface area contributed by atoms with Gasteiger partial charge in [0.25, 0.3) is 0 Å². The monoisotopic (exact) mass is 404 g/mol. The van der Waals surface area contributed by atoms with Crippen LogP contribution in [0.4, 0.5) is 0 Å². The van der Waals surface area contributed by atoms with E-state index in [1.54, 1.807) is 6.42 Å². The molecule has 0 saturated heterocycles. The van der Waals surface area contributed by atoms with Gasteiger partial charge in [0, 0.05) is 18.3 Å². The van der Waals surface area contributed by atoms with Crippen LogP contribution in [-0.2, 0) is 0 Å². The van der Waals surface area contributed by atoms with Crippen LogP contribution in [-0.4, -0.2) is 62.3 Å². The van der Waals surface area contributed by atoms with Crippen LogP contribution in [0.15, 0.2) is 0 Å². The number of nitrogens with zero attached hydrogens (tertiary/aromatic N) is 2. The third kappa shape index (κ3) is 3.25. The molecule has 4 aliphatic rings. The normalized spacial score (nSPS) is 48.0. The first-order valence-electron chi connectivity index (χ1n) is 13.1. The zero-order valence-electron chi connectivity index (χ0n) is 21.1. The van der Waals surface area contributed by atoms with Crippen LogP contribution in [0.5, 0.6) is 0 Å². The van der Waals surface area contributed by atoms with Gasteiger partial charge in [-0.1, -0.05) is 13.8 Å². The topological polar surface area (TPSA) is 0 Å². The maximum Gasteiger partial charge on any atom is 0.0943 e. The molecule has 0 amide bonds. The smallest absolute Gasteiger partial charge is 0.0943 e. The van der Waals surface area contributed by atoms with E-state index < -0.39 is 0 Å². The summed E-state index contributed by atoms with van der Waals surface area (Å²) in [4.78, 5) is 0. The van der Waals surface area contributed by atoms with E-state index in [1.807, 2.05) is 0 Å². The molecule has 2 heteroatoms. The Morgan fingerprint density at radius 3 is 1.97 bits per heavy atom. The van der Waals surface area contributed by atoms with E-state index in [4.69, 9.17) is 0 Å². The first-order valence-corrected chi connectivity index (χ1v) is 13.1. The van der Waals surface area contributed by atoms with Gasteiger partial charge in [-0.25, -0.2) is 0 Å². The molecule has 8 atom stereocenters. The van der Waals surface area contributed by atoms with Crippen molar-refractivity contribution in [3.8, 4) is 0 Å². The molecule has 168 valence electrons. The molecule has 0 aromatic heterocycles. The molecular formula is C27H52N2+2. The Labute approximate surface area is 182 Å². The van der Waals surface area contributed by atoms with Crippen LogP contribution in [0.2, 0.25) is 0 Å². The fourth-order valence-corrected chi connectivity index (χ4v) is 9.47. The minimum absolute atomic E-state index is 0.599. The predicted octanol–water partition coefficient (Wildman–Crippen LogP) is 5.96. The Morgan fingerprint density at radius 2 is 1.31 bits per heavy atom. The minimum atomic E-state index is 0.599. The summed E-state index contributed by atoms with van der Waals surface area (Å²) < 4.78 is 2.49. The van der Waals surface area contributed by atoms with Gasteiger partial charge in [0.2, 0.25) is 0 Å². The van der Waals surface area contributed by atoms with E-state index >= 15 is 0 Å². The predicted molar refractivity (Wildman–Crippen MR) is 125 cm³/mol. The van der Waals surface area contributed by atoms with Crippen molar-refractivity contribution in [1.29, 1.82) is 0 Å². The molecule has 0 aromatic carbocycles. The summed E-state index contributed by atoms with van der Waals surface area (Å²) in [6, 6.07) is 1.80. The number of rotatable bonds is 4. The van der Waals surface area contributed by atoms with E-state index in [-0.39, 0.29) is 0 Å². The van der Waals surface area contributed by atoms with Gasteiger partial charge >= 0.3 is 0 Å². The first-order chi connectivity index (χ1) is 13.5. The van der Waals surface area contributed by atoms with Crippen molar-refractivity contribution in [3.05, 3.63) is 0 Å². The van der Waals surface area contributed by atoms with Gasteiger partial charge in [0.1, 0.15) is 0 Å². The maximum atomic E-state index is 2.75. The van der Waals surface area contributed by atoms with Crippen LogP contribution in [0.3, 0.4) is 0 Å². The van der Waals surface area contributed by atoms with Crippen LogP contribution < -0.4 is 0 Å². The second kappa shape index (κ2) is 7.22. The molecular weight excluding hydrogens is 352 g/mol. The molecule has 4 saturated carbocycles. The van der Waals surface area contributed by atoms with Gasteiger partial charge < -0.3 is 8.97 Å². The molecule has 0 unspecified atom stereocenters. The highest BCUT2D eigenvalue weighted by Crippen LogP contribution is 2.67. The molecule has 0 N–H and O–H groups in total. The van der Waals surface area contributed by atoms with Crippen molar-refractivity contribution < 1.29 is 8.97 Å². The van der Waals surface area contributed by atoms with Crippen molar-refractivity contribution >= 4 is 0 Å². The summed E-state index contributed by atoms with van der Waals surface area (Å²) in [6.07, 6.45) is 13.6. The van der Waals surface area contributed by atoms with Crippen molar-refractivity contribution in [1.82, 2.24) is 0 Å². The van der Waals surface area contributed by atoms with E-state index in [0.717, 1.165) is 35.8 Å². The first kappa shape index (κ1) is 22.1. The fourth-order valence-electron chi connectivity index (χ4n) is 9.47. The largest absolute Gasteiger partial charge is 0.326 e. The Bertz CT molecular complexity index is 610. The van der Waals surface area contributed by atoms with Crippen molar-refractivity contribution in [2.75, 3.05) is 41.3 Å². The Balaban J connectivity index is 1.55. The van der Waals surface area contributed by atoms with E-state index in [9.17, 15) is 0 Å². The number of quaternary nitrogens is 2. The highest BCUT2D eigenvalue weighted by molar-refractivity contribution is 5.09. The van der Waals surface area contributed by atoms with Gasteiger partial charge in [0.15, 0.2) is 0 Å². The van der Waals surface area contributed by atoms with Crippen LogP contribution in [0.25, 0.3) is 0 Å². The van der Waals surface area contributed by atoms with Gasteiger partial charge in [-0.05, 0) is 87.9 Å². The second-order valence-electron chi connectivity index (χ2n) is 13.4. The lowest BCUT2D eigenvalue weighted by molar-refractivity contribution is -0.920. The molecule has 4 aliphatic carbocycles. The highest BCUT2D eigenvalue weighted by Gasteiger charge is 2.63. The average Bonchev–Trinajstić information content (AvgIpc) is 3.05. The summed E-state index contributed by atoms with van der Waals surface area (Å²) >= 11 is 0. The van der Waals surface area contributed by atoms with Gasteiger partial charge in [0.05, 0.1) is 53.4 Å². The van der Waals surface area contributed by atoms with Gasteiger partial charge in [-0.2, -0.15) is 0 Å². The van der Waals surface area contributed by atoms with Crippen LogP contribution >= 0.6 is 0 Å². The average molecular weight is 405 g/mol. The fraction of sp³-hybridized carbons (Fsp3) is 1.00. The summed E-state index contributed by atoms with van der Waals surface area (Å²) in [5.74, 6) is 4.06. The number of fused-ring (bicyclic) bond motifs is 5. The van der Waals surface area contributed by atoms with E-state index in [1.165, 1.54) is 73.4 Å². The van der Waals surface area contributed by atoms with Crippen molar-refractivity contribution in [3.63, 3.8) is 0 Å². The Hall–Kier alpha value is -0.0800. The molecule has 4 fully saturated rings. The summed E-state index contributed by atoms with van der Waals surface area (Å²) in [7, 11) is 9.99. The maximum absolute atomic E-state index is 2.75. The highest BCUT2D eigenvalue weighted by atomic mass is 15.3. The molecule has 0 spiro atoms. The Morgan fingerprint density at radius 1 is 0.690 bits per heavy atom. The second-order valence-corrected chi connectivity index (χ2v) is 13.4. The molecule has 0 radical (unpaired) electrons. The third-order valence-electron chi connectivity index (χ3n) is 12.1. The number of hydrogen-bond acceptors (Lipinski definition) is 0. The minimum Gasteiger partial charge on any atom is -0.326 e. The molecule has 29 heavy (non-hydrogen) atoms. The lowest BCUT2D eigenvalue weighted by Crippen LogP contribution is -2.60. The standard InChI is InChI=1S/C27H52N2/c1-9-28(5,6)21-15-17-26(3)20(19-21)11-12-22-23-13-14-25(29(7,8)10-2)27(23,4)18-16-24(22)26/h20-25H,9-19H2,1-8H3/q+2/t20-,21+,22-,23-,24-,25+,26-,27-/m0/s1. The zero-order valence-corrected chi connectivity index (χ0v) is 21.1. The van der Waals surface area contributed by atoms with Gasteiger partial charge in [-0.15, -0.1) is 0 Å². The summed E-state index contributed by atoms with van der Waals surface area (Å²) in [5.41, 5.74) is 1.24. The SMILES string of the molecule is CC[N+](C)(C)[C@@H]1CC[C@@]2(C)[C@@H](CC[C@@H]3[C@@H]2CC[C@]2(C)[C@H]([N+](C)(C)CC)CC[C@@H]32)C1. The lowest BCUT2D eigenvalue weighted by atomic mass is 9.44. The lowest BCUT2D eigenvalue weighted by Gasteiger charge is -2.62. The van der Waals surface area contributed by atoms with Crippen LogP contribution in [0.1, 0.15) is 85.5 Å². The molecule has 0 aliphatic heterocycles. The summed E-state index contributed by atoms with van der Waals surface area (Å²) in [5, 5.41) is 0. The van der Waals surface area contributed by atoms with Crippen LogP contribution in [0, 0.1) is 34.5 Å². The Kier molecular flexibility index (Phi) is 5.51. The molecule has 2 nitrogen and oxygen atoms in total. The third-order valence-corrected chi connectivity index (χ3v) is 12.1. The molecule has 4 rings (SSSR count). The summed E-state index contributed by atoms with van der Waals surface area (Å²) in [6.45, 7) is 12.8. The molecule has 0 bridgehead atoms.